The van der Waals surface area contributed by atoms with Crippen LogP contribution in [0, 0.1) is 5.41 Å². The van der Waals surface area contributed by atoms with E-state index in [1.807, 2.05) is 0 Å². The molecule has 1 aliphatic carbocycles. The fourth-order valence-corrected chi connectivity index (χ4v) is 1.25. The third-order valence-electron chi connectivity index (χ3n) is 2.13. The first-order valence-electron chi connectivity index (χ1n) is 4.22. The smallest absolute Gasteiger partial charge is 0.319 e. The molecule has 0 heterocycles. The Kier molecular flexibility index (Phi) is 2.65. The first-order valence-corrected chi connectivity index (χ1v) is 4.22. The quantitative estimate of drug-likeness (QED) is 0.593. The largest absolute Gasteiger partial charge is 0.468 e. The third-order valence-corrected chi connectivity index (χ3v) is 2.13. The lowest BCUT2D eigenvalue weighted by Gasteiger charge is -2.18. The maximum absolute atomic E-state index is 11.5. The molecule has 4 N–H and O–H groups in total. The highest BCUT2D eigenvalue weighted by molar-refractivity contribution is 5.81. The minimum Gasteiger partial charge on any atom is -0.468 e. The Morgan fingerprint density at radius 3 is 2.64 bits per heavy atom. The van der Waals surface area contributed by atoms with Gasteiger partial charge in [0.15, 0.2) is 0 Å². The van der Waals surface area contributed by atoms with Crippen LogP contribution >= 0.6 is 0 Å². The summed E-state index contributed by atoms with van der Waals surface area (Å²) in [4.78, 5) is 11.5. The molecular weight excluding hydrogens is 180 g/mol. The Morgan fingerprint density at radius 1 is 1.43 bits per heavy atom. The minimum atomic E-state index is -0.837. The summed E-state index contributed by atoms with van der Waals surface area (Å²) in [7, 11) is 1.34. The first kappa shape index (κ1) is 10.4. The highest BCUT2D eigenvalue weighted by Gasteiger charge is 2.30. The lowest BCUT2D eigenvalue weighted by Crippen LogP contribution is -2.26. The number of carbonyl (C=O) groups is 1. The number of allylic oxidation sites excluding steroid dienone is 2. The van der Waals surface area contributed by atoms with E-state index in [1.54, 1.807) is 31.2 Å². The number of hydrogen-bond donors (Lipinski definition) is 2. The van der Waals surface area contributed by atoms with E-state index in [9.17, 15) is 4.79 Å². The van der Waals surface area contributed by atoms with Gasteiger partial charge in [0.1, 0.15) is 5.41 Å². The minimum absolute atomic E-state index is 0.361. The molecule has 0 aliphatic heterocycles. The van der Waals surface area contributed by atoms with Crippen LogP contribution in [0.2, 0.25) is 0 Å². The molecule has 4 heteroatoms. The molecule has 0 saturated heterocycles. The zero-order valence-corrected chi connectivity index (χ0v) is 8.28. The molecule has 0 radical (unpaired) electrons. The second kappa shape index (κ2) is 3.57. The van der Waals surface area contributed by atoms with E-state index in [1.165, 1.54) is 7.11 Å². The molecule has 1 atom stereocenters. The van der Waals surface area contributed by atoms with Crippen LogP contribution in [0.25, 0.3) is 0 Å². The van der Waals surface area contributed by atoms with Crippen LogP contribution in [0.4, 0.5) is 0 Å². The summed E-state index contributed by atoms with van der Waals surface area (Å²) >= 11 is 0. The summed E-state index contributed by atoms with van der Waals surface area (Å²) in [5, 5.41) is 0. The van der Waals surface area contributed by atoms with Crippen molar-refractivity contribution in [2.45, 2.75) is 6.92 Å². The van der Waals surface area contributed by atoms with Crippen molar-refractivity contribution in [3.8, 4) is 0 Å². The van der Waals surface area contributed by atoms with Gasteiger partial charge in [-0.15, -0.1) is 0 Å². The standard InChI is InChI=1S/C10H14N2O2/c1-10(9(13)14-2)5-3-4-7(11)8(12)6-10/h3-6H,11-12H2,1-2H3. The van der Waals surface area contributed by atoms with E-state index in [-0.39, 0.29) is 5.97 Å². The van der Waals surface area contributed by atoms with Gasteiger partial charge < -0.3 is 16.2 Å². The van der Waals surface area contributed by atoms with Gasteiger partial charge in [-0.25, -0.2) is 0 Å². The molecule has 1 rings (SSSR count). The van der Waals surface area contributed by atoms with Crippen LogP contribution in [-0.2, 0) is 9.53 Å². The SMILES string of the molecule is COC(=O)C1(C)C=CC=C(N)C(N)=C1. The monoisotopic (exact) mass is 194 g/mol. The second-order valence-electron chi connectivity index (χ2n) is 3.36. The number of ether oxygens (including phenoxy) is 1. The van der Waals surface area contributed by atoms with Crippen molar-refractivity contribution in [1.82, 2.24) is 0 Å². The van der Waals surface area contributed by atoms with Crippen LogP contribution in [0.3, 0.4) is 0 Å². The lowest BCUT2D eigenvalue weighted by atomic mass is 9.89. The topological polar surface area (TPSA) is 78.3 Å². The molecule has 1 unspecified atom stereocenters. The summed E-state index contributed by atoms with van der Waals surface area (Å²) < 4.78 is 4.68. The predicted octanol–water partition coefficient (Wildman–Crippen LogP) is 0.421. The van der Waals surface area contributed by atoms with Gasteiger partial charge in [0.05, 0.1) is 18.5 Å². The van der Waals surface area contributed by atoms with Crippen molar-refractivity contribution < 1.29 is 9.53 Å². The van der Waals surface area contributed by atoms with Gasteiger partial charge in [-0.3, -0.25) is 4.79 Å². The second-order valence-corrected chi connectivity index (χ2v) is 3.36. The average molecular weight is 194 g/mol. The fraction of sp³-hybridized carbons (Fsp3) is 0.300. The molecule has 0 aromatic rings. The van der Waals surface area contributed by atoms with E-state index in [0.29, 0.717) is 11.4 Å². The fourth-order valence-electron chi connectivity index (χ4n) is 1.25. The maximum atomic E-state index is 11.5. The summed E-state index contributed by atoms with van der Waals surface area (Å²) in [5.41, 5.74) is 11.3. The first-order chi connectivity index (χ1) is 6.49. The van der Waals surface area contributed by atoms with Crippen molar-refractivity contribution in [1.29, 1.82) is 0 Å². The molecule has 4 nitrogen and oxygen atoms in total. The third kappa shape index (κ3) is 1.79. The molecule has 0 amide bonds. The number of esters is 1. The van der Waals surface area contributed by atoms with Gasteiger partial charge in [0.25, 0.3) is 0 Å². The molecule has 0 aromatic carbocycles. The van der Waals surface area contributed by atoms with Gasteiger partial charge in [0.2, 0.25) is 0 Å². The average Bonchev–Trinajstić information content (AvgIpc) is 2.27. The Bertz CT molecular complexity index is 342. The summed E-state index contributed by atoms with van der Waals surface area (Å²) in [5.74, 6) is -0.361. The predicted molar refractivity (Wildman–Crippen MR) is 53.8 cm³/mol. The summed E-state index contributed by atoms with van der Waals surface area (Å²) in [6, 6.07) is 0. The summed E-state index contributed by atoms with van der Waals surface area (Å²) in [6.45, 7) is 1.72. The van der Waals surface area contributed by atoms with Crippen LogP contribution < -0.4 is 11.5 Å². The zero-order chi connectivity index (χ0) is 10.8. The van der Waals surface area contributed by atoms with Crippen molar-refractivity contribution in [2.24, 2.45) is 16.9 Å². The molecule has 0 bridgehead atoms. The number of rotatable bonds is 1. The molecule has 0 saturated carbocycles. The molecule has 14 heavy (non-hydrogen) atoms. The van der Waals surface area contributed by atoms with Crippen LogP contribution in [-0.4, -0.2) is 13.1 Å². The maximum Gasteiger partial charge on any atom is 0.319 e. The number of methoxy groups -OCH3 is 1. The van der Waals surface area contributed by atoms with Gasteiger partial charge >= 0.3 is 5.97 Å². The van der Waals surface area contributed by atoms with Gasteiger partial charge in [-0.1, -0.05) is 12.2 Å². The Morgan fingerprint density at radius 2 is 2.07 bits per heavy atom. The van der Waals surface area contributed by atoms with Crippen molar-refractivity contribution >= 4 is 5.97 Å². The summed E-state index contributed by atoms with van der Waals surface area (Å²) in [6.07, 6.45) is 6.64. The molecular formula is C10H14N2O2. The van der Waals surface area contributed by atoms with Crippen LogP contribution in [0.1, 0.15) is 6.92 Å². The number of carbonyl (C=O) groups excluding carboxylic acids is 1. The highest BCUT2D eigenvalue weighted by Crippen LogP contribution is 2.26. The van der Waals surface area contributed by atoms with Crippen LogP contribution in [0.15, 0.2) is 35.7 Å². The Hall–Kier alpha value is -1.71. The van der Waals surface area contributed by atoms with E-state index in [2.05, 4.69) is 4.74 Å². The van der Waals surface area contributed by atoms with Crippen molar-refractivity contribution in [2.75, 3.05) is 7.11 Å². The van der Waals surface area contributed by atoms with E-state index < -0.39 is 5.41 Å². The lowest BCUT2D eigenvalue weighted by molar-refractivity contribution is -0.146. The molecule has 1 aliphatic rings. The molecule has 0 fully saturated rings. The molecule has 0 spiro atoms. The zero-order valence-electron chi connectivity index (χ0n) is 8.28. The Labute approximate surface area is 82.9 Å². The van der Waals surface area contributed by atoms with Crippen molar-refractivity contribution in [3.63, 3.8) is 0 Å². The number of hydrogen-bond acceptors (Lipinski definition) is 4. The van der Waals surface area contributed by atoms with E-state index >= 15 is 0 Å². The van der Waals surface area contributed by atoms with E-state index in [0.717, 1.165) is 0 Å². The normalized spacial score (nSPS) is 26.1. The van der Waals surface area contributed by atoms with Gasteiger partial charge in [-0.05, 0) is 19.1 Å². The number of nitrogens with two attached hydrogens (primary N) is 2. The highest BCUT2D eigenvalue weighted by atomic mass is 16.5. The van der Waals surface area contributed by atoms with Gasteiger partial charge in [0, 0.05) is 0 Å². The van der Waals surface area contributed by atoms with Crippen LogP contribution in [0.5, 0.6) is 0 Å². The van der Waals surface area contributed by atoms with Gasteiger partial charge in [-0.2, -0.15) is 0 Å². The molecule has 76 valence electrons. The Balaban J connectivity index is 3.10. The molecule has 0 aromatic heterocycles. The van der Waals surface area contributed by atoms with Crippen molar-refractivity contribution in [3.05, 3.63) is 35.7 Å². The van der Waals surface area contributed by atoms with E-state index in [4.69, 9.17) is 11.5 Å².